The van der Waals surface area contributed by atoms with Crippen molar-refractivity contribution in [2.75, 3.05) is 18.4 Å². The van der Waals surface area contributed by atoms with Crippen molar-refractivity contribution in [1.29, 1.82) is 0 Å². The van der Waals surface area contributed by atoms with Crippen LogP contribution in [0.3, 0.4) is 0 Å². The van der Waals surface area contributed by atoms with Crippen LogP contribution in [0, 0.1) is 5.92 Å². The van der Waals surface area contributed by atoms with Gasteiger partial charge in [-0.15, -0.1) is 0 Å². The van der Waals surface area contributed by atoms with Gasteiger partial charge in [0.2, 0.25) is 5.88 Å². The highest BCUT2D eigenvalue weighted by atomic mass is 16.5. The summed E-state index contributed by atoms with van der Waals surface area (Å²) in [5.74, 6) is 1.32. The van der Waals surface area contributed by atoms with Gasteiger partial charge in [0.1, 0.15) is 11.9 Å². The lowest BCUT2D eigenvalue weighted by molar-refractivity contribution is -0.139. The number of anilines is 1. The lowest BCUT2D eigenvalue weighted by Crippen LogP contribution is -2.52. The fourth-order valence-electron chi connectivity index (χ4n) is 4.19. The molecule has 0 radical (unpaired) electrons. The molecule has 0 aromatic carbocycles. The molecule has 1 heterocycles. The molecule has 7 nitrogen and oxygen atoms in total. The number of aromatic nitrogens is 2. The smallest absolute Gasteiger partial charge is 0.317 e. The summed E-state index contributed by atoms with van der Waals surface area (Å²) >= 11 is 0. The molecule has 0 spiro atoms. The van der Waals surface area contributed by atoms with Crippen molar-refractivity contribution >= 4 is 11.8 Å². The van der Waals surface area contributed by atoms with Crippen LogP contribution in [0.25, 0.3) is 0 Å². The molecule has 4 rings (SSSR count). The highest BCUT2D eigenvalue weighted by Gasteiger charge is 2.37. The topological polar surface area (TPSA) is 87.6 Å². The molecule has 0 saturated heterocycles. The minimum absolute atomic E-state index is 0.151. The molecule has 1 aromatic rings. The monoisotopic (exact) mass is 374 g/mol. The van der Waals surface area contributed by atoms with Crippen molar-refractivity contribution in [3.05, 3.63) is 12.4 Å². The molecule has 0 aliphatic heterocycles. The molecular formula is C20H30N4O3. The zero-order valence-corrected chi connectivity index (χ0v) is 15.8. The van der Waals surface area contributed by atoms with E-state index in [1.54, 1.807) is 12.4 Å². The summed E-state index contributed by atoms with van der Waals surface area (Å²) in [4.78, 5) is 22.1. The van der Waals surface area contributed by atoms with Crippen molar-refractivity contribution in [2.24, 2.45) is 5.92 Å². The first-order chi connectivity index (χ1) is 13.2. The van der Waals surface area contributed by atoms with Gasteiger partial charge in [-0.25, -0.2) is 0 Å². The Kier molecular flexibility index (Phi) is 5.76. The van der Waals surface area contributed by atoms with E-state index in [0.29, 0.717) is 23.9 Å². The minimum Gasteiger partial charge on any atom is -0.480 e. The van der Waals surface area contributed by atoms with E-state index < -0.39 is 5.97 Å². The van der Waals surface area contributed by atoms with E-state index in [1.165, 1.54) is 32.1 Å². The third kappa shape index (κ3) is 5.31. The standard InChI is InChI=1S/C20H30N4O3/c25-20(26)13-24(12-14-6-7-14)16-8-15(9-16)22-18-10-21-11-19(23-18)27-17-4-2-1-3-5-17/h10-11,14-17H,1-9,12-13H2,(H,22,23)(H,25,26). The van der Waals surface area contributed by atoms with Crippen molar-refractivity contribution in [1.82, 2.24) is 14.9 Å². The molecule has 3 fully saturated rings. The van der Waals surface area contributed by atoms with E-state index in [2.05, 4.69) is 20.2 Å². The number of rotatable bonds is 9. The summed E-state index contributed by atoms with van der Waals surface area (Å²) in [5.41, 5.74) is 0. The number of hydrogen-bond donors (Lipinski definition) is 2. The average molecular weight is 374 g/mol. The van der Waals surface area contributed by atoms with E-state index >= 15 is 0 Å². The van der Waals surface area contributed by atoms with Crippen LogP contribution < -0.4 is 10.1 Å². The molecule has 3 saturated carbocycles. The van der Waals surface area contributed by atoms with Gasteiger partial charge >= 0.3 is 5.97 Å². The molecular weight excluding hydrogens is 344 g/mol. The Hall–Kier alpha value is -1.89. The fourth-order valence-corrected chi connectivity index (χ4v) is 4.19. The summed E-state index contributed by atoms with van der Waals surface area (Å²) in [6, 6.07) is 0.679. The minimum atomic E-state index is -0.731. The molecule has 0 atom stereocenters. The van der Waals surface area contributed by atoms with Gasteiger partial charge in [0, 0.05) is 18.6 Å². The van der Waals surface area contributed by atoms with Crippen LogP contribution in [-0.2, 0) is 4.79 Å². The lowest BCUT2D eigenvalue weighted by Gasteiger charge is -2.43. The molecule has 148 valence electrons. The highest BCUT2D eigenvalue weighted by Crippen LogP contribution is 2.34. The Balaban J connectivity index is 1.26. The Morgan fingerprint density at radius 3 is 2.67 bits per heavy atom. The molecule has 3 aliphatic rings. The van der Waals surface area contributed by atoms with Crippen LogP contribution in [0.1, 0.15) is 57.8 Å². The second kappa shape index (κ2) is 8.42. The van der Waals surface area contributed by atoms with Gasteiger partial charge in [0.15, 0.2) is 0 Å². The number of aliphatic carboxylic acids is 1. The molecule has 27 heavy (non-hydrogen) atoms. The number of carbonyl (C=O) groups is 1. The van der Waals surface area contributed by atoms with Crippen LogP contribution in [0.15, 0.2) is 12.4 Å². The molecule has 0 bridgehead atoms. The Morgan fingerprint density at radius 1 is 1.19 bits per heavy atom. The molecule has 0 amide bonds. The summed E-state index contributed by atoms with van der Waals surface area (Å²) in [7, 11) is 0. The predicted octanol–water partition coefficient (Wildman–Crippen LogP) is 2.93. The van der Waals surface area contributed by atoms with Crippen LogP contribution in [0.4, 0.5) is 5.82 Å². The van der Waals surface area contributed by atoms with Gasteiger partial charge in [0.25, 0.3) is 0 Å². The maximum absolute atomic E-state index is 11.1. The van der Waals surface area contributed by atoms with E-state index in [-0.39, 0.29) is 12.6 Å². The van der Waals surface area contributed by atoms with Gasteiger partial charge in [-0.2, -0.15) is 4.98 Å². The number of carboxylic acid groups (broad SMARTS) is 1. The first kappa shape index (κ1) is 18.5. The first-order valence-electron chi connectivity index (χ1n) is 10.4. The van der Waals surface area contributed by atoms with Crippen LogP contribution in [0.2, 0.25) is 0 Å². The second-order valence-corrected chi connectivity index (χ2v) is 8.35. The zero-order chi connectivity index (χ0) is 18.6. The van der Waals surface area contributed by atoms with Gasteiger partial charge in [-0.1, -0.05) is 6.42 Å². The maximum Gasteiger partial charge on any atom is 0.317 e. The number of ether oxygens (including phenoxy) is 1. The second-order valence-electron chi connectivity index (χ2n) is 8.35. The summed E-state index contributed by atoms with van der Waals surface area (Å²) in [6.45, 7) is 1.08. The first-order valence-corrected chi connectivity index (χ1v) is 10.4. The molecule has 3 aliphatic carbocycles. The van der Waals surface area contributed by atoms with Crippen molar-refractivity contribution in [2.45, 2.75) is 76.0 Å². The van der Waals surface area contributed by atoms with Crippen molar-refractivity contribution < 1.29 is 14.6 Å². The molecule has 1 aromatic heterocycles. The molecule has 2 N–H and O–H groups in total. The quantitative estimate of drug-likeness (QED) is 0.687. The third-order valence-corrected chi connectivity index (χ3v) is 5.96. The SMILES string of the molecule is O=C(O)CN(CC1CC1)C1CC(Nc2cncc(OC3CCCCC3)n2)C1. The number of nitrogens with zero attached hydrogens (tertiary/aromatic N) is 3. The molecule has 7 heteroatoms. The Morgan fingerprint density at radius 2 is 1.96 bits per heavy atom. The maximum atomic E-state index is 11.1. The van der Waals surface area contributed by atoms with E-state index in [4.69, 9.17) is 9.84 Å². The van der Waals surface area contributed by atoms with E-state index in [1.807, 2.05) is 0 Å². The van der Waals surface area contributed by atoms with Gasteiger partial charge < -0.3 is 15.2 Å². The van der Waals surface area contributed by atoms with Gasteiger partial charge in [-0.05, 0) is 57.3 Å². The van der Waals surface area contributed by atoms with E-state index in [0.717, 1.165) is 38.0 Å². The normalized spacial score (nSPS) is 25.8. The van der Waals surface area contributed by atoms with Crippen molar-refractivity contribution in [3.63, 3.8) is 0 Å². The number of nitrogens with one attached hydrogen (secondary N) is 1. The number of carboxylic acids is 1. The van der Waals surface area contributed by atoms with Crippen LogP contribution in [0.5, 0.6) is 5.88 Å². The van der Waals surface area contributed by atoms with Crippen LogP contribution >= 0.6 is 0 Å². The summed E-state index contributed by atoms with van der Waals surface area (Å²) in [5, 5.41) is 12.6. The molecule has 0 unspecified atom stereocenters. The summed E-state index contributed by atoms with van der Waals surface area (Å²) in [6.07, 6.45) is 14.0. The lowest BCUT2D eigenvalue weighted by atomic mass is 9.85. The number of hydrogen-bond acceptors (Lipinski definition) is 6. The average Bonchev–Trinajstić information content (AvgIpc) is 3.42. The summed E-state index contributed by atoms with van der Waals surface area (Å²) < 4.78 is 6.00. The zero-order valence-electron chi connectivity index (χ0n) is 15.8. The Labute approximate surface area is 160 Å². The van der Waals surface area contributed by atoms with Crippen LogP contribution in [-0.4, -0.2) is 57.2 Å². The highest BCUT2D eigenvalue weighted by molar-refractivity contribution is 5.69. The van der Waals surface area contributed by atoms with Gasteiger partial charge in [0.05, 0.1) is 18.9 Å². The van der Waals surface area contributed by atoms with E-state index in [9.17, 15) is 4.79 Å². The fraction of sp³-hybridized carbons (Fsp3) is 0.750. The Bertz CT molecular complexity index is 640. The third-order valence-electron chi connectivity index (χ3n) is 5.96. The van der Waals surface area contributed by atoms with Crippen molar-refractivity contribution in [3.8, 4) is 5.88 Å². The predicted molar refractivity (Wildman–Crippen MR) is 102 cm³/mol. The van der Waals surface area contributed by atoms with Gasteiger partial charge in [-0.3, -0.25) is 14.7 Å². The largest absolute Gasteiger partial charge is 0.480 e.